The van der Waals surface area contributed by atoms with Crippen LogP contribution in [0.2, 0.25) is 5.02 Å². The van der Waals surface area contributed by atoms with E-state index in [1.165, 1.54) is 24.4 Å². The Labute approximate surface area is 155 Å². The summed E-state index contributed by atoms with van der Waals surface area (Å²) in [6.07, 6.45) is 1.47. The molecule has 26 heavy (non-hydrogen) atoms. The van der Waals surface area contributed by atoms with E-state index in [1.54, 1.807) is 0 Å². The SMILES string of the molecule is C[C@@H](Nc1nc(-c2cc(C(=O)O)ccc2Cl)cnc1N)c1ccccc1. The molecule has 3 aromatic rings. The Morgan fingerprint density at radius 3 is 2.65 bits per heavy atom. The van der Waals surface area contributed by atoms with Crippen LogP contribution in [0.15, 0.2) is 54.7 Å². The summed E-state index contributed by atoms with van der Waals surface area (Å²) in [5.74, 6) is -0.375. The molecule has 0 aliphatic carbocycles. The number of anilines is 2. The van der Waals surface area contributed by atoms with Gasteiger partial charge in [-0.05, 0) is 30.7 Å². The molecule has 4 N–H and O–H groups in total. The molecular weight excluding hydrogens is 352 g/mol. The summed E-state index contributed by atoms with van der Waals surface area (Å²) in [5, 5.41) is 12.8. The molecule has 3 rings (SSSR count). The van der Waals surface area contributed by atoms with Crippen molar-refractivity contribution in [2.45, 2.75) is 13.0 Å². The van der Waals surface area contributed by atoms with E-state index in [0.717, 1.165) is 5.56 Å². The van der Waals surface area contributed by atoms with Crippen LogP contribution in [0.1, 0.15) is 28.9 Å². The fraction of sp³-hybridized carbons (Fsp3) is 0.105. The Kier molecular flexibility index (Phi) is 5.04. The molecule has 0 fully saturated rings. The highest BCUT2D eigenvalue weighted by Crippen LogP contribution is 2.30. The van der Waals surface area contributed by atoms with Gasteiger partial charge in [0, 0.05) is 5.56 Å². The highest BCUT2D eigenvalue weighted by molar-refractivity contribution is 6.33. The van der Waals surface area contributed by atoms with E-state index in [4.69, 9.17) is 17.3 Å². The van der Waals surface area contributed by atoms with Gasteiger partial charge in [-0.25, -0.2) is 14.8 Å². The van der Waals surface area contributed by atoms with E-state index in [2.05, 4.69) is 15.3 Å². The van der Waals surface area contributed by atoms with Gasteiger partial charge in [-0.3, -0.25) is 0 Å². The molecule has 0 bridgehead atoms. The third-order valence-corrected chi connectivity index (χ3v) is 4.27. The molecule has 0 radical (unpaired) electrons. The lowest BCUT2D eigenvalue weighted by atomic mass is 10.1. The quantitative estimate of drug-likeness (QED) is 0.622. The highest BCUT2D eigenvalue weighted by Gasteiger charge is 2.14. The molecule has 132 valence electrons. The number of aromatic nitrogens is 2. The molecule has 1 heterocycles. The van der Waals surface area contributed by atoms with Crippen LogP contribution in [0, 0.1) is 0 Å². The molecule has 0 spiro atoms. The van der Waals surface area contributed by atoms with Crippen molar-refractivity contribution in [3.05, 3.63) is 70.9 Å². The fourth-order valence-corrected chi connectivity index (χ4v) is 2.73. The van der Waals surface area contributed by atoms with Gasteiger partial charge in [0.2, 0.25) is 0 Å². The third-order valence-electron chi connectivity index (χ3n) is 3.94. The van der Waals surface area contributed by atoms with Crippen LogP contribution in [0.3, 0.4) is 0 Å². The number of hydrogen-bond donors (Lipinski definition) is 3. The summed E-state index contributed by atoms with van der Waals surface area (Å²) in [6, 6.07) is 14.2. The second-order valence-corrected chi connectivity index (χ2v) is 6.17. The minimum Gasteiger partial charge on any atom is -0.478 e. The number of nitrogens with one attached hydrogen (secondary N) is 1. The summed E-state index contributed by atoms with van der Waals surface area (Å²) in [7, 11) is 0. The molecule has 6 nitrogen and oxygen atoms in total. The summed E-state index contributed by atoms with van der Waals surface area (Å²) >= 11 is 6.22. The summed E-state index contributed by atoms with van der Waals surface area (Å²) < 4.78 is 0. The number of benzene rings is 2. The van der Waals surface area contributed by atoms with Crippen LogP contribution in [0.5, 0.6) is 0 Å². The molecule has 0 aliphatic rings. The number of carboxylic acids is 1. The Morgan fingerprint density at radius 2 is 1.96 bits per heavy atom. The number of aromatic carboxylic acids is 1. The maximum atomic E-state index is 11.2. The lowest BCUT2D eigenvalue weighted by molar-refractivity contribution is 0.0697. The minimum atomic E-state index is -1.04. The average molecular weight is 369 g/mol. The topological polar surface area (TPSA) is 101 Å². The second kappa shape index (κ2) is 7.41. The lowest BCUT2D eigenvalue weighted by Gasteiger charge is -2.17. The number of carbonyl (C=O) groups is 1. The second-order valence-electron chi connectivity index (χ2n) is 5.77. The van der Waals surface area contributed by atoms with Crippen molar-refractivity contribution in [1.29, 1.82) is 0 Å². The van der Waals surface area contributed by atoms with Gasteiger partial charge in [-0.15, -0.1) is 0 Å². The van der Waals surface area contributed by atoms with Gasteiger partial charge >= 0.3 is 5.97 Å². The molecule has 0 aliphatic heterocycles. The first-order valence-electron chi connectivity index (χ1n) is 7.93. The number of nitrogens with two attached hydrogens (primary N) is 1. The highest BCUT2D eigenvalue weighted by atomic mass is 35.5. The third kappa shape index (κ3) is 3.75. The number of carboxylic acid groups (broad SMARTS) is 1. The van der Waals surface area contributed by atoms with Gasteiger partial charge in [0.15, 0.2) is 11.6 Å². The smallest absolute Gasteiger partial charge is 0.335 e. The Morgan fingerprint density at radius 1 is 1.23 bits per heavy atom. The zero-order valence-corrected chi connectivity index (χ0v) is 14.7. The first-order valence-corrected chi connectivity index (χ1v) is 8.30. The zero-order chi connectivity index (χ0) is 18.7. The van der Waals surface area contributed by atoms with E-state index in [0.29, 0.717) is 22.1 Å². The number of hydrogen-bond acceptors (Lipinski definition) is 5. The molecule has 0 saturated heterocycles. The van der Waals surface area contributed by atoms with Gasteiger partial charge < -0.3 is 16.2 Å². The van der Waals surface area contributed by atoms with Gasteiger partial charge in [0.05, 0.1) is 28.5 Å². The number of nitrogen functional groups attached to an aromatic ring is 1. The van der Waals surface area contributed by atoms with Gasteiger partial charge in [-0.1, -0.05) is 41.9 Å². The van der Waals surface area contributed by atoms with E-state index < -0.39 is 5.97 Å². The van der Waals surface area contributed by atoms with Gasteiger partial charge in [0.25, 0.3) is 0 Å². The molecule has 2 aromatic carbocycles. The molecular formula is C19H17ClN4O2. The predicted octanol–water partition coefficient (Wildman–Crippen LogP) is 4.25. The van der Waals surface area contributed by atoms with Gasteiger partial charge in [-0.2, -0.15) is 0 Å². The predicted molar refractivity (Wildman–Crippen MR) is 102 cm³/mol. The largest absolute Gasteiger partial charge is 0.478 e. The summed E-state index contributed by atoms with van der Waals surface area (Å²) in [5.41, 5.74) is 8.06. The molecule has 0 unspecified atom stereocenters. The Balaban J connectivity index is 1.96. The van der Waals surface area contributed by atoms with Crippen molar-refractivity contribution in [1.82, 2.24) is 9.97 Å². The molecule has 0 saturated carbocycles. The van der Waals surface area contributed by atoms with Crippen LogP contribution in [0.4, 0.5) is 11.6 Å². The minimum absolute atomic E-state index is 0.0381. The summed E-state index contributed by atoms with van der Waals surface area (Å²) in [4.78, 5) is 19.9. The molecule has 1 aromatic heterocycles. The van der Waals surface area contributed by atoms with Crippen LogP contribution in [-0.4, -0.2) is 21.0 Å². The van der Waals surface area contributed by atoms with E-state index in [-0.39, 0.29) is 17.4 Å². The molecule has 1 atom stereocenters. The first kappa shape index (κ1) is 17.7. The normalized spacial score (nSPS) is 11.8. The molecule has 0 amide bonds. The van der Waals surface area contributed by atoms with Crippen LogP contribution >= 0.6 is 11.6 Å². The number of rotatable bonds is 5. The van der Waals surface area contributed by atoms with Crippen LogP contribution in [-0.2, 0) is 0 Å². The van der Waals surface area contributed by atoms with Crippen molar-refractivity contribution in [2.24, 2.45) is 0 Å². The monoisotopic (exact) mass is 368 g/mol. The van der Waals surface area contributed by atoms with Crippen molar-refractivity contribution in [3.63, 3.8) is 0 Å². The fourth-order valence-electron chi connectivity index (χ4n) is 2.52. The van der Waals surface area contributed by atoms with E-state index in [1.807, 2.05) is 37.3 Å². The van der Waals surface area contributed by atoms with Crippen molar-refractivity contribution in [3.8, 4) is 11.3 Å². The van der Waals surface area contributed by atoms with E-state index >= 15 is 0 Å². The zero-order valence-electron chi connectivity index (χ0n) is 14.0. The Bertz CT molecular complexity index is 948. The summed E-state index contributed by atoms with van der Waals surface area (Å²) in [6.45, 7) is 1.99. The van der Waals surface area contributed by atoms with Crippen LogP contribution in [0.25, 0.3) is 11.3 Å². The number of halogens is 1. The maximum Gasteiger partial charge on any atom is 0.335 e. The average Bonchev–Trinajstić information content (AvgIpc) is 2.64. The number of nitrogens with zero attached hydrogens (tertiary/aromatic N) is 2. The van der Waals surface area contributed by atoms with Crippen molar-refractivity contribution < 1.29 is 9.90 Å². The molecule has 7 heteroatoms. The lowest BCUT2D eigenvalue weighted by Crippen LogP contribution is -2.11. The van der Waals surface area contributed by atoms with E-state index in [9.17, 15) is 9.90 Å². The maximum absolute atomic E-state index is 11.2. The van der Waals surface area contributed by atoms with Crippen molar-refractivity contribution >= 4 is 29.2 Å². The Hall–Kier alpha value is -3.12. The first-order chi connectivity index (χ1) is 12.5. The van der Waals surface area contributed by atoms with Gasteiger partial charge in [0.1, 0.15) is 0 Å². The van der Waals surface area contributed by atoms with Crippen LogP contribution < -0.4 is 11.1 Å². The van der Waals surface area contributed by atoms with Crippen molar-refractivity contribution in [2.75, 3.05) is 11.1 Å². The standard InChI is InChI=1S/C19H17ClN4O2/c1-11(12-5-3-2-4-6-12)23-18-17(21)22-10-16(24-18)14-9-13(19(25)26)7-8-15(14)20/h2-11H,1H3,(H2,21,22)(H,23,24)(H,25,26)/t11-/m1/s1.